The minimum absolute atomic E-state index is 0.659. The van der Waals surface area contributed by atoms with E-state index in [0.717, 1.165) is 26.8 Å². The van der Waals surface area contributed by atoms with Crippen LogP contribution in [0.3, 0.4) is 0 Å². The number of anilines is 1. The van der Waals surface area contributed by atoms with Crippen LogP contribution in [0.1, 0.15) is 5.76 Å². The summed E-state index contributed by atoms with van der Waals surface area (Å²) in [6.07, 6.45) is 1.69. The highest BCUT2D eigenvalue weighted by Crippen LogP contribution is 2.31. The van der Waals surface area contributed by atoms with E-state index in [1.165, 1.54) is 0 Å². The third-order valence-corrected chi connectivity index (χ3v) is 4.27. The maximum absolute atomic E-state index is 5.33. The van der Waals surface area contributed by atoms with E-state index in [0.29, 0.717) is 5.95 Å². The molecule has 0 fully saturated rings. The summed E-state index contributed by atoms with van der Waals surface area (Å²) in [5.41, 5.74) is 0. The van der Waals surface area contributed by atoms with Crippen LogP contribution in [0.15, 0.2) is 39.3 Å². The molecule has 0 aliphatic carbocycles. The molecule has 0 saturated carbocycles. The van der Waals surface area contributed by atoms with Gasteiger partial charge < -0.3 is 9.73 Å². The summed E-state index contributed by atoms with van der Waals surface area (Å²) in [7, 11) is 1.83. The van der Waals surface area contributed by atoms with Crippen molar-refractivity contribution in [3.63, 3.8) is 0 Å². The van der Waals surface area contributed by atoms with Crippen LogP contribution in [0.5, 0.6) is 0 Å². The molecule has 0 spiro atoms. The van der Waals surface area contributed by atoms with Crippen molar-refractivity contribution in [3.8, 4) is 0 Å². The van der Waals surface area contributed by atoms with Gasteiger partial charge in [0.1, 0.15) is 15.6 Å². The Balaban J connectivity index is 1.92. The molecule has 0 atom stereocenters. The Morgan fingerprint density at radius 1 is 1.39 bits per heavy atom. The van der Waals surface area contributed by atoms with Crippen LogP contribution in [-0.4, -0.2) is 17.0 Å². The highest BCUT2D eigenvalue weighted by molar-refractivity contribution is 7.98. The third-order valence-electron chi connectivity index (χ3n) is 2.44. The lowest BCUT2D eigenvalue weighted by Crippen LogP contribution is -1.97. The summed E-state index contributed by atoms with van der Waals surface area (Å²) in [6.45, 7) is 0. The van der Waals surface area contributed by atoms with E-state index in [1.807, 2.05) is 24.6 Å². The second-order valence-electron chi connectivity index (χ2n) is 3.61. The quantitative estimate of drug-likeness (QED) is 0.583. The van der Waals surface area contributed by atoms with E-state index in [4.69, 9.17) is 4.42 Å². The average molecular weight is 277 g/mol. The van der Waals surface area contributed by atoms with E-state index in [1.54, 1.807) is 29.4 Å². The molecule has 0 aliphatic rings. The molecule has 92 valence electrons. The summed E-state index contributed by atoms with van der Waals surface area (Å²) in [4.78, 5) is 9.93. The average Bonchev–Trinajstić information content (AvgIpc) is 3.06. The fraction of sp³-hybridized carbons (Fsp3) is 0.167. The highest BCUT2D eigenvalue weighted by Gasteiger charge is 2.09. The van der Waals surface area contributed by atoms with Gasteiger partial charge in [-0.1, -0.05) is 11.8 Å². The Morgan fingerprint density at radius 2 is 2.33 bits per heavy atom. The topological polar surface area (TPSA) is 51.0 Å². The fourth-order valence-electron chi connectivity index (χ4n) is 1.58. The molecule has 3 heterocycles. The molecule has 1 N–H and O–H groups in total. The maximum Gasteiger partial charge on any atom is 0.224 e. The number of fused-ring (bicyclic) bond motifs is 1. The number of hydrogen-bond acceptors (Lipinski definition) is 6. The number of aromatic nitrogens is 2. The molecule has 4 nitrogen and oxygen atoms in total. The van der Waals surface area contributed by atoms with Crippen molar-refractivity contribution in [2.45, 2.75) is 10.8 Å². The van der Waals surface area contributed by atoms with Crippen molar-refractivity contribution < 1.29 is 4.42 Å². The third kappa shape index (κ3) is 2.21. The molecule has 3 rings (SSSR count). The first-order valence-corrected chi connectivity index (χ1v) is 7.31. The minimum Gasteiger partial charge on any atom is -0.468 e. The summed E-state index contributed by atoms with van der Waals surface area (Å²) < 4.78 is 5.33. The van der Waals surface area contributed by atoms with Crippen LogP contribution in [0.25, 0.3) is 10.2 Å². The zero-order chi connectivity index (χ0) is 12.4. The smallest absolute Gasteiger partial charge is 0.224 e. The highest BCUT2D eigenvalue weighted by atomic mass is 32.2. The van der Waals surface area contributed by atoms with Crippen molar-refractivity contribution in [3.05, 3.63) is 35.6 Å². The van der Waals surface area contributed by atoms with E-state index < -0.39 is 0 Å². The van der Waals surface area contributed by atoms with E-state index in [2.05, 4.69) is 21.4 Å². The Bertz CT molecular complexity index is 648. The SMILES string of the molecule is CNc1nc(SCc2ccco2)c2ccsc2n1. The number of nitrogens with zero attached hydrogens (tertiary/aromatic N) is 2. The molecule has 0 unspecified atom stereocenters. The van der Waals surface area contributed by atoms with Gasteiger partial charge in [0.2, 0.25) is 5.95 Å². The monoisotopic (exact) mass is 277 g/mol. The molecule has 0 bridgehead atoms. The van der Waals surface area contributed by atoms with Crippen LogP contribution in [0, 0.1) is 0 Å². The largest absolute Gasteiger partial charge is 0.468 e. The summed E-state index contributed by atoms with van der Waals surface area (Å²) in [6, 6.07) is 5.93. The van der Waals surface area contributed by atoms with Gasteiger partial charge in [-0.25, -0.2) is 9.97 Å². The van der Waals surface area contributed by atoms with Crippen molar-refractivity contribution in [1.29, 1.82) is 0 Å². The fourth-order valence-corrected chi connectivity index (χ4v) is 3.33. The van der Waals surface area contributed by atoms with Gasteiger partial charge in [-0.15, -0.1) is 11.3 Å². The van der Waals surface area contributed by atoms with Gasteiger partial charge in [0.25, 0.3) is 0 Å². The molecule has 0 aromatic carbocycles. The van der Waals surface area contributed by atoms with Gasteiger partial charge in [-0.2, -0.15) is 0 Å². The summed E-state index contributed by atoms with van der Waals surface area (Å²) in [5, 5.41) is 7.12. The van der Waals surface area contributed by atoms with Gasteiger partial charge in [0.05, 0.1) is 12.0 Å². The van der Waals surface area contributed by atoms with Gasteiger partial charge in [0, 0.05) is 12.4 Å². The molecule has 3 aromatic rings. The maximum atomic E-state index is 5.33. The van der Waals surface area contributed by atoms with E-state index in [9.17, 15) is 0 Å². The van der Waals surface area contributed by atoms with Crippen molar-refractivity contribution in [2.75, 3.05) is 12.4 Å². The molecular formula is C12H11N3OS2. The second kappa shape index (κ2) is 4.99. The van der Waals surface area contributed by atoms with Crippen LogP contribution in [-0.2, 0) is 5.75 Å². The lowest BCUT2D eigenvalue weighted by Gasteiger charge is -2.04. The number of hydrogen-bond donors (Lipinski definition) is 1. The van der Waals surface area contributed by atoms with Gasteiger partial charge >= 0.3 is 0 Å². The van der Waals surface area contributed by atoms with Gasteiger partial charge in [0.15, 0.2) is 0 Å². The number of thiophene rings is 1. The van der Waals surface area contributed by atoms with Crippen molar-refractivity contribution in [1.82, 2.24) is 9.97 Å². The van der Waals surface area contributed by atoms with Gasteiger partial charge in [-0.05, 0) is 23.6 Å². The predicted molar refractivity (Wildman–Crippen MR) is 75.2 cm³/mol. The van der Waals surface area contributed by atoms with Crippen LogP contribution in [0.2, 0.25) is 0 Å². The van der Waals surface area contributed by atoms with Crippen LogP contribution >= 0.6 is 23.1 Å². The van der Waals surface area contributed by atoms with Gasteiger partial charge in [-0.3, -0.25) is 0 Å². The zero-order valence-electron chi connectivity index (χ0n) is 9.71. The predicted octanol–water partition coefficient (Wildman–Crippen LogP) is 3.62. The molecular weight excluding hydrogens is 266 g/mol. The second-order valence-corrected chi connectivity index (χ2v) is 5.47. The standard InChI is InChI=1S/C12H11N3OS2/c1-13-12-14-10-9(4-6-17-10)11(15-12)18-7-8-3-2-5-16-8/h2-6H,7H2,1H3,(H,13,14,15). The number of furan rings is 1. The van der Waals surface area contributed by atoms with Crippen LogP contribution < -0.4 is 5.32 Å². The molecule has 0 saturated heterocycles. The lowest BCUT2D eigenvalue weighted by atomic mass is 10.4. The Hall–Kier alpha value is -1.53. The first kappa shape index (κ1) is 11.6. The van der Waals surface area contributed by atoms with Crippen molar-refractivity contribution >= 4 is 39.3 Å². The Kier molecular flexibility index (Phi) is 3.21. The minimum atomic E-state index is 0.659. The molecule has 3 aromatic heterocycles. The molecule has 18 heavy (non-hydrogen) atoms. The Labute approximate surface area is 112 Å². The van der Waals surface area contributed by atoms with Crippen LogP contribution in [0.4, 0.5) is 5.95 Å². The number of thioether (sulfide) groups is 1. The molecule has 0 radical (unpaired) electrons. The molecule has 6 heteroatoms. The summed E-state index contributed by atoms with van der Waals surface area (Å²) in [5.74, 6) is 2.39. The first-order valence-electron chi connectivity index (χ1n) is 5.45. The van der Waals surface area contributed by atoms with Crippen molar-refractivity contribution in [2.24, 2.45) is 0 Å². The normalized spacial score (nSPS) is 10.9. The number of nitrogens with one attached hydrogen (secondary N) is 1. The first-order chi connectivity index (χ1) is 8.86. The molecule has 0 amide bonds. The molecule has 0 aliphatic heterocycles. The van der Waals surface area contributed by atoms with E-state index in [-0.39, 0.29) is 0 Å². The lowest BCUT2D eigenvalue weighted by molar-refractivity contribution is 0.530. The summed E-state index contributed by atoms with van der Waals surface area (Å²) >= 11 is 3.29. The zero-order valence-corrected chi connectivity index (χ0v) is 11.3. The van der Waals surface area contributed by atoms with E-state index >= 15 is 0 Å². The Morgan fingerprint density at radius 3 is 3.11 bits per heavy atom. The number of rotatable bonds is 4.